The van der Waals surface area contributed by atoms with Crippen LogP contribution in [0.5, 0.6) is 0 Å². The van der Waals surface area contributed by atoms with E-state index in [4.69, 9.17) is 0 Å². The van der Waals surface area contributed by atoms with Crippen LogP contribution in [0, 0.1) is 0 Å². The Morgan fingerprint density at radius 3 is 2.88 bits per heavy atom. The van der Waals surface area contributed by atoms with Gasteiger partial charge in [-0.2, -0.15) is 5.54 Å². The Hall–Kier alpha value is -0.800. The Morgan fingerprint density at radius 2 is 2.50 bits per heavy atom. The zero-order chi connectivity index (χ0) is 6.41. The number of halogens is 1. The quantitative estimate of drug-likeness (QED) is 0.553. The highest BCUT2D eigenvalue weighted by Crippen LogP contribution is 1.80. The summed E-state index contributed by atoms with van der Waals surface area (Å²) in [5, 5.41) is 0. The van der Waals surface area contributed by atoms with Gasteiger partial charge in [0, 0.05) is 0 Å². The highest BCUT2D eigenvalue weighted by atomic mass is 19.2. The maximum atomic E-state index is 11.0. The van der Waals surface area contributed by atoms with Gasteiger partial charge in [-0.05, 0) is 6.42 Å². The minimum atomic E-state index is -1.02. The molecular formula is C4H8FNO2. The summed E-state index contributed by atoms with van der Waals surface area (Å²) in [6.07, 6.45) is -0.320. The number of ether oxygens (including phenoxy) is 1. The van der Waals surface area contributed by atoms with Crippen molar-refractivity contribution >= 4 is 6.09 Å². The molecule has 1 amide bonds. The fourth-order valence-electron chi connectivity index (χ4n) is 0.222. The van der Waals surface area contributed by atoms with Gasteiger partial charge in [-0.25, -0.2) is 4.79 Å². The topological polar surface area (TPSA) is 38.3 Å². The highest BCUT2D eigenvalue weighted by molar-refractivity contribution is 5.65. The lowest BCUT2D eigenvalue weighted by Crippen LogP contribution is -2.15. The summed E-state index contributed by atoms with van der Waals surface area (Å²) in [5.74, 6) is 0. The van der Waals surface area contributed by atoms with E-state index in [1.165, 1.54) is 0 Å². The maximum absolute atomic E-state index is 11.0. The molecule has 0 heterocycles. The zero-order valence-electron chi connectivity index (χ0n) is 4.61. The molecule has 48 valence electrons. The number of carbonyl (C=O) groups is 1. The second-order valence-corrected chi connectivity index (χ2v) is 1.23. The second kappa shape index (κ2) is 4.36. The molecule has 0 unspecified atom stereocenters. The van der Waals surface area contributed by atoms with Gasteiger partial charge in [0.1, 0.15) is 0 Å². The Kier molecular flexibility index (Phi) is 3.93. The average Bonchev–Trinajstić information content (AvgIpc) is 1.83. The molecule has 0 fully saturated rings. The van der Waals surface area contributed by atoms with Crippen molar-refractivity contribution < 1.29 is 14.0 Å². The first-order chi connectivity index (χ1) is 3.81. The Balaban J connectivity index is 2.99. The third kappa shape index (κ3) is 3.39. The van der Waals surface area contributed by atoms with E-state index in [1.54, 1.807) is 0 Å². The van der Waals surface area contributed by atoms with E-state index in [0.29, 0.717) is 6.42 Å². The van der Waals surface area contributed by atoms with E-state index in [1.807, 2.05) is 6.92 Å². The van der Waals surface area contributed by atoms with Crippen molar-refractivity contribution in [1.82, 2.24) is 5.54 Å². The van der Waals surface area contributed by atoms with Crippen LogP contribution in [0.3, 0.4) is 0 Å². The first kappa shape index (κ1) is 7.20. The molecule has 0 aliphatic carbocycles. The zero-order valence-corrected chi connectivity index (χ0v) is 4.61. The van der Waals surface area contributed by atoms with E-state index in [2.05, 4.69) is 4.74 Å². The third-order valence-electron chi connectivity index (χ3n) is 0.514. The van der Waals surface area contributed by atoms with E-state index >= 15 is 0 Å². The molecule has 0 bridgehead atoms. The number of rotatable bonds is 2. The molecule has 0 rings (SSSR count). The molecule has 0 aliphatic heterocycles. The number of hydrogen-bond donors (Lipinski definition) is 1. The SMILES string of the molecule is CCCOC(=O)NF. The Labute approximate surface area is 46.8 Å². The normalized spacial score (nSPS) is 8.25. The van der Waals surface area contributed by atoms with Crippen molar-refractivity contribution in [1.29, 1.82) is 0 Å². The third-order valence-corrected chi connectivity index (χ3v) is 0.514. The predicted octanol–water partition coefficient (Wildman–Crippen LogP) is 1.01. The van der Waals surface area contributed by atoms with Crippen molar-refractivity contribution in [2.75, 3.05) is 6.61 Å². The van der Waals surface area contributed by atoms with Gasteiger partial charge in [0.2, 0.25) is 0 Å². The molecular weight excluding hydrogens is 113 g/mol. The fraction of sp³-hybridized carbons (Fsp3) is 0.750. The molecule has 1 N–H and O–H groups in total. The van der Waals surface area contributed by atoms with Gasteiger partial charge in [0.05, 0.1) is 6.61 Å². The van der Waals surface area contributed by atoms with Crippen LogP contribution in [0.4, 0.5) is 9.28 Å². The van der Waals surface area contributed by atoms with Gasteiger partial charge < -0.3 is 4.74 Å². The lowest BCUT2D eigenvalue weighted by Gasteiger charge is -1.96. The molecule has 0 spiro atoms. The number of hydrogen-bond acceptors (Lipinski definition) is 2. The van der Waals surface area contributed by atoms with Crippen LogP contribution < -0.4 is 5.54 Å². The van der Waals surface area contributed by atoms with Crippen molar-refractivity contribution in [3.63, 3.8) is 0 Å². The van der Waals surface area contributed by atoms with Gasteiger partial charge in [0.25, 0.3) is 0 Å². The smallest absolute Gasteiger partial charge is 0.435 e. The molecule has 0 atom stereocenters. The van der Waals surface area contributed by atoms with E-state index < -0.39 is 6.09 Å². The second-order valence-electron chi connectivity index (χ2n) is 1.23. The molecule has 8 heavy (non-hydrogen) atoms. The number of nitrogens with one attached hydrogen (secondary N) is 1. The molecule has 4 heteroatoms. The Morgan fingerprint density at radius 1 is 1.88 bits per heavy atom. The molecule has 3 nitrogen and oxygen atoms in total. The van der Waals surface area contributed by atoms with Gasteiger partial charge in [-0.1, -0.05) is 11.4 Å². The molecule has 0 saturated heterocycles. The fourth-order valence-corrected chi connectivity index (χ4v) is 0.222. The van der Waals surface area contributed by atoms with Crippen LogP contribution >= 0.6 is 0 Å². The molecule has 0 aromatic heterocycles. The summed E-state index contributed by atoms with van der Waals surface area (Å²) in [7, 11) is 0. The van der Waals surface area contributed by atoms with Crippen molar-refractivity contribution in [2.45, 2.75) is 13.3 Å². The summed E-state index contributed by atoms with van der Waals surface area (Å²) in [6, 6.07) is 0. The van der Waals surface area contributed by atoms with Crippen LogP contribution in [0.25, 0.3) is 0 Å². The van der Waals surface area contributed by atoms with Crippen molar-refractivity contribution in [3.8, 4) is 0 Å². The first-order valence-electron chi connectivity index (χ1n) is 2.34. The number of amides is 1. The molecule has 0 aliphatic rings. The van der Waals surface area contributed by atoms with Gasteiger partial charge >= 0.3 is 6.09 Å². The first-order valence-corrected chi connectivity index (χ1v) is 2.34. The van der Waals surface area contributed by atoms with E-state index in [-0.39, 0.29) is 6.61 Å². The van der Waals surface area contributed by atoms with Crippen LogP contribution in [0.1, 0.15) is 13.3 Å². The molecule has 0 aromatic carbocycles. The van der Waals surface area contributed by atoms with Crippen LogP contribution in [0.15, 0.2) is 0 Å². The van der Waals surface area contributed by atoms with Crippen LogP contribution in [-0.4, -0.2) is 12.7 Å². The summed E-state index contributed by atoms with van der Waals surface area (Å²) < 4.78 is 15.2. The monoisotopic (exact) mass is 121 g/mol. The summed E-state index contributed by atoms with van der Waals surface area (Å²) >= 11 is 0. The van der Waals surface area contributed by atoms with Crippen LogP contribution in [-0.2, 0) is 4.74 Å². The summed E-state index contributed by atoms with van der Waals surface area (Å²) in [5.41, 5.74) is 0.839. The standard InChI is InChI=1S/C4H8FNO2/c1-2-3-8-4(7)6-5/h2-3H2,1H3,(H,6,7). The molecule has 0 aromatic rings. The minimum Gasteiger partial charge on any atom is -0.448 e. The highest BCUT2D eigenvalue weighted by Gasteiger charge is 1.95. The number of carbonyl (C=O) groups excluding carboxylic acids is 1. The van der Waals surface area contributed by atoms with Gasteiger partial charge in [-0.15, -0.1) is 0 Å². The summed E-state index contributed by atoms with van der Waals surface area (Å²) in [4.78, 5) is 9.86. The van der Waals surface area contributed by atoms with Crippen LogP contribution in [0.2, 0.25) is 0 Å². The molecule has 0 saturated carbocycles. The largest absolute Gasteiger partial charge is 0.448 e. The average molecular weight is 121 g/mol. The minimum absolute atomic E-state index is 0.260. The lowest BCUT2D eigenvalue weighted by molar-refractivity contribution is 0.124. The van der Waals surface area contributed by atoms with E-state index in [9.17, 15) is 9.28 Å². The van der Waals surface area contributed by atoms with E-state index in [0.717, 1.165) is 5.54 Å². The van der Waals surface area contributed by atoms with Crippen molar-refractivity contribution in [3.05, 3.63) is 0 Å². The summed E-state index contributed by atoms with van der Waals surface area (Å²) in [6.45, 7) is 2.08. The lowest BCUT2D eigenvalue weighted by atomic mass is 10.5. The van der Waals surface area contributed by atoms with Crippen molar-refractivity contribution in [2.24, 2.45) is 0 Å². The predicted molar refractivity (Wildman–Crippen MR) is 25.9 cm³/mol. The Bertz CT molecular complexity index is 76.4. The van der Waals surface area contributed by atoms with Gasteiger partial charge in [-0.3, -0.25) is 0 Å². The molecule has 0 radical (unpaired) electrons. The van der Waals surface area contributed by atoms with Gasteiger partial charge in [0.15, 0.2) is 0 Å². The maximum Gasteiger partial charge on any atom is 0.435 e.